The fraction of sp³-hybridized carbons (Fsp3) is 0.714. The van der Waals surface area contributed by atoms with Gasteiger partial charge in [-0.15, -0.1) is 11.3 Å². The molecular formula is C14H21ClN2S. The molecule has 1 aromatic rings. The fourth-order valence-corrected chi connectivity index (χ4v) is 3.88. The van der Waals surface area contributed by atoms with Gasteiger partial charge in [-0.25, -0.2) is 0 Å². The summed E-state index contributed by atoms with van der Waals surface area (Å²) in [6.45, 7) is 3.49. The quantitative estimate of drug-likeness (QED) is 0.890. The van der Waals surface area contributed by atoms with Crippen LogP contribution in [0.4, 0.5) is 0 Å². The topological polar surface area (TPSA) is 15.3 Å². The number of hydrogen-bond donors (Lipinski definition) is 1. The van der Waals surface area contributed by atoms with Gasteiger partial charge in [-0.2, -0.15) is 0 Å². The molecule has 1 atom stereocenters. The second-order valence-electron chi connectivity index (χ2n) is 5.54. The zero-order valence-corrected chi connectivity index (χ0v) is 12.3. The zero-order chi connectivity index (χ0) is 12.4. The van der Waals surface area contributed by atoms with Gasteiger partial charge >= 0.3 is 0 Å². The summed E-state index contributed by atoms with van der Waals surface area (Å²) < 4.78 is 0. The molecule has 0 amide bonds. The maximum atomic E-state index is 6.01. The van der Waals surface area contributed by atoms with Crippen molar-refractivity contribution in [3.05, 3.63) is 21.3 Å². The summed E-state index contributed by atoms with van der Waals surface area (Å²) in [5.41, 5.74) is 0. The summed E-state index contributed by atoms with van der Waals surface area (Å²) in [4.78, 5) is 4.06. The highest BCUT2D eigenvalue weighted by Gasteiger charge is 2.31. The van der Waals surface area contributed by atoms with Crippen LogP contribution in [0.25, 0.3) is 0 Å². The van der Waals surface area contributed by atoms with Crippen molar-refractivity contribution in [1.29, 1.82) is 0 Å². The minimum Gasteiger partial charge on any atom is -0.313 e. The van der Waals surface area contributed by atoms with Crippen LogP contribution >= 0.6 is 22.9 Å². The van der Waals surface area contributed by atoms with Crippen molar-refractivity contribution in [2.75, 3.05) is 13.1 Å². The maximum Gasteiger partial charge on any atom is 0.0516 e. The van der Waals surface area contributed by atoms with Crippen molar-refractivity contribution >= 4 is 22.9 Å². The van der Waals surface area contributed by atoms with Gasteiger partial charge in [0.1, 0.15) is 0 Å². The Labute approximate surface area is 118 Å². The van der Waals surface area contributed by atoms with E-state index in [1.807, 2.05) is 5.38 Å². The highest BCUT2D eigenvalue weighted by Crippen LogP contribution is 2.30. The summed E-state index contributed by atoms with van der Waals surface area (Å²) in [6.07, 6.45) is 6.84. The number of rotatable bonds is 5. The molecule has 100 valence electrons. The van der Waals surface area contributed by atoms with Gasteiger partial charge in [0.25, 0.3) is 0 Å². The van der Waals surface area contributed by atoms with Crippen molar-refractivity contribution < 1.29 is 0 Å². The summed E-state index contributed by atoms with van der Waals surface area (Å²) >= 11 is 7.80. The van der Waals surface area contributed by atoms with Crippen LogP contribution in [0.15, 0.2) is 11.4 Å². The maximum absolute atomic E-state index is 6.01. The molecule has 0 spiro atoms. The lowest BCUT2D eigenvalue weighted by atomic mass is 10.0. The molecule has 1 aliphatic heterocycles. The molecular weight excluding hydrogens is 264 g/mol. The SMILES string of the molecule is Clc1csc(CN(CC2CCCCN2)C2CC2)c1. The molecule has 2 heterocycles. The molecule has 2 aliphatic rings. The van der Waals surface area contributed by atoms with Crippen LogP contribution in [0.5, 0.6) is 0 Å². The van der Waals surface area contributed by atoms with E-state index in [1.54, 1.807) is 11.3 Å². The number of nitrogens with zero attached hydrogens (tertiary/aromatic N) is 1. The predicted octanol–water partition coefficient (Wildman–Crippen LogP) is 3.51. The lowest BCUT2D eigenvalue weighted by Crippen LogP contribution is -2.44. The van der Waals surface area contributed by atoms with E-state index in [-0.39, 0.29) is 0 Å². The molecule has 3 rings (SSSR count). The Bertz CT molecular complexity index is 383. The average molecular weight is 285 g/mol. The third kappa shape index (κ3) is 3.47. The molecule has 0 radical (unpaired) electrons. The average Bonchev–Trinajstić information content (AvgIpc) is 3.15. The van der Waals surface area contributed by atoms with Crippen LogP contribution in [0.3, 0.4) is 0 Å². The third-order valence-electron chi connectivity index (χ3n) is 3.91. The first-order chi connectivity index (χ1) is 8.81. The standard InChI is InChI=1S/C14H21ClN2S/c15-11-7-14(18-10-11)9-17(13-4-5-13)8-12-3-1-2-6-16-12/h7,10,12-13,16H,1-6,8-9H2. The van der Waals surface area contributed by atoms with E-state index in [1.165, 1.54) is 50.1 Å². The van der Waals surface area contributed by atoms with Gasteiger partial charge in [-0.3, -0.25) is 4.90 Å². The van der Waals surface area contributed by atoms with E-state index in [9.17, 15) is 0 Å². The van der Waals surface area contributed by atoms with E-state index in [0.29, 0.717) is 6.04 Å². The number of thiophene rings is 1. The summed E-state index contributed by atoms with van der Waals surface area (Å²) in [5.74, 6) is 0. The number of halogens is 1. The highest BCUT2D eigenvalue weighted by atomic mass is 35.5. The van der Waals surface area contributed by atoms with E-state index >= 15 is 0 Å². The van der Waals surface area contributed by atoms with Gasteiger partial charge in [0, 0.05) is 35.4 Å². The molecule has 1 unspecified atom stereocenters. The van der Waals surface area contributed by atoms with Crippen molar-refractivity contribution in [1.82, 2.24) is 10.2 Å². The van der Waals surface area contributed by atoms with Crippen molar-refractivity contribution in [3.63, 3.8) is 0 Å². The highest BCUT2D eigenvalue weighted by molar-refractivity contribution is 7.10. The van der Waals surface area contributed by atoms with Gasteiger partial charge in [0.05, 0.1) is 5.02 Å². The van der Waals surface area contributed by atoms with Gasteiger partial charge in [-0.05, 0) is 38.3 Å². The van der Waals surface area contributed by atoms with Crippen LogP contribution in [0, 0.1) is 0 Å². The third-order valence-corrected chi connectivity index (χ3v) is 5.18. The number of nitrogens with one attached hydrogen (secondary N) is 1. The lowest BCUT2D eigenvalue weighted by Gasteiger charge is -2.30. The van der Waals surface area contributed by atoms with Crippen molar-refractivity contribution in [2.24, 2.45) is 0 Å². The normalized spacial score (nSPS) is 24.7. The molecule has 18 heavy (non-hydrogen) atoms. The molecule has 2 fully saturated rings. The van der Waals surface area contributed by atoms with Gasteiger partial charge < -0.3 is 5.32 Å². The molecule has 1 aliphatic carbocycles. The molecule has 1 N–H and O–H groups in total. The Morgan fingerprint density at radius 3 is 2.83 bits per heavy atom. The first kappa shape index (κ1) is 12.9. The lowest BCUT2D eigenvalue weighted by molar-refractivity contribution is 0.210. The minimum atomic E-state index is 0.704. The van der Waals surface area contributed by atoms with E-state index in [0.717, 1.165) is 17.6 Å². The first-order valence-electron chi connectivity index (χ1n) is 7.01. The summed E-state index contributed by atoms with van der Waals surface area (Å²) in [5, 5.41) is 6.59. The smallest absolute Gasteiger partial charge is 0.0516 e. The molecule has 2 nitrogen and oxygen atoms in total. The Hall–Kier alpha value is -0.0900. The van der Waals surface area contributed by atoms with E-state index in [2.05, 4.69) is 16.3 Å². The van der Waals surface area contributed by atoms with E-state index < -0.39 is 0 Å². The monoisotopic (exact) mass is 284 g/mol. The Balaban J connectivity index is 1.57. The second-order valence-corrected chi connectivity index (χ2v) is 6.97. The largest absolute Gasteiger partial charge is 0.313 e. The molecule has 1 aromatic heterocycles. The zero-order valence-electron chi connectivity index (χ0n) is 10.7. The molecule has 0 bridgehead atoms. The number of piperidine rings is 1. The van der Waals surface area contributed by atoms with Crippen LogP contribution < -0.4 is 5.32 Å². The molecule has 0 aromatic carbocycles. The Kier molecular flexibility index (Phi) is 4.24. The van der Waals surface area contributed by atoms with Crippen LogP contribution in [-0.2, 0) is 6.54 Å². The molecule has 4 heteroatoms. The second kappa shape index (κ2) is 5.91. The predicted molar refractivity (Wildman–Crippen MR) is 78.4 cm³/mol. The van der Waals surface area contributed by atoms with Crippen molar-refractivity contribution in [3.8, 4) is 0 Å². The number of hydrogen-bond acceptors (Lipinski definition) is 3. The fourth-order valence-electron chi connectivity index (χ4n) is 2.78. The van der Waals surface area contributed by atoms with E-state index in [4.69, 9.17) is 11.6 Å². The summed E-state index contributed by atoms with van der Waals surface area (Å²) in [6, 6.07) is 3.65. The van der Waals surface area contributed by atoms with Gasteiger partial charge in [0.15, 0.2) is 0 Å². The van der Waals surface area contributed by atoms with Crippen molar-refractivity contribution in [2.45, 2.75) is 50.7 Å². The molecule has 1 saturated heterocycles. The van der Waals surface area contributed by atoms with Gasteiger partial charge in [-0.1, -0.05) is 18.0 Å². The van der Waals surface area contributed by atoms with Crippen LogP contribution in [0.2, 0.25) is 5.02 Å². The van der Waals surface area contributed by atoms with Gasteiger partial charge in [0.2, 0.25) is 0 Å². The molecule has 1 saturated carbocycles. The Morgan fingerprint density at radius 1 is 1.33 bits per heavy atom. The minimum absolute atomic E-state index is 0.704. The Morgan fingerprint density at radius 2 is 2.22 bits per heavy atom. The van der Waals surface area contributed by atoms with Crippen LogP contribution in [0.1, 0.15) is 37.0 Å². The van der Waals surface area contributed by atoms with Crippen LogP contribution in [-0.4, -0.2) is 30.1 Å². The summed E-state index contributed by atoms with van der Waals surface area (Å²) in [7, 11) is 0. The first-order valence-corrected chi connectivity index (χ1v) is 8.27.